The van der Waals surface area contributed by atoms with Gasteiger partial charge in [0.05, 0.1) is 18.2 Å². The first kappa shape index (κ1) is 14.3. The number of ether oxygens (including phenoxy) is 1. The van der Waals surface area contributed by atoms with E-state index in [4.69, 9.17) is 4.74 Å². The summed E-state index contributed by atoms with van der Waals surface area (Å²) in [5.41, 5.74) is 3.53. The molecule has 1 aromatic carbocycles. The Balaban J connectivity index is 0.00000162. The number of rotatable bonds is 5. The van der Waals surface area contributed by atoms with Crippen molar-refractivity contribution >= 4 is 0 Å². The van der Waals surface area contributed by atoms with Gasteiger partial charge in [-0.15, -0.1) is 0 Å². The Bertz CT molecular complexity index is 444. The van der Waals surface area contributed by atoms with Crippen LogP contribution in [0.4, 0.5) is 0 Å². The van der Waals surface area contributed by atoms with Gasteiger partial charge in [0, 0.05) is 0 Å². The van der Waals surface area contributed by atoms with E-state index in [0.717, 1.165) is 24.3 Å². The molecule has 0 amide bonds. The molecular weight excluding hydrogens is 228 g/mol. The molecule has 0 aliphatic heterocycles. The molecular formula is C14H20N2O2. The number of aromatic nitrogens is 2. The zero-order valence-electron chi connectivity index (χ0n) is 10.9. The van der Waals surface area contributed by atoms with Gasteiger partial charge in [-0.3, -0.25) is 0 Å². The SMILES string of the molecule is CCc1cccc(CC)c1OCc1cnc[nH]1.O. The predicted molar refractivity (Wildman–Crippen MR) is 71.7 cm³/mol. The number of aromatic amines is 1. The summed E-state index contributed by atoms with van der Waals surface area (Å²) in [6.45, 7) is 4.85. The Morgan fingerprint density at radius 2 is 1.83 bits per heavy atom. The van der Waals surface area contributed by atoms with Gasteiger partial charge in [-0.1, -0.05) is 32.0 Å². The fourth-order valence-corrected chi connectivity index (χ4v) is 1.89. The van der Waals surface area contributed by atoms with Crippen molar-refractivity contribution in [2.45, 2.75) is 33.3 Å². The van der Waals surface area contributed by atoms with Crippen molar-refractivity contribution < 1.29 is 10.2 Å². The highest BCUT2D eigenvalue weighted by molar-refractivity contribution is 5.41. The van der Waals surface area contributed by atoms with Crippen LogP contribution in [0, 0.1) is 0 Å². The Morgan fingerprint density at radius 1 is 1.17 bits per heavy atom. The molecule has 1 aromatic heterocycles. The lowest BCUT2D eigenvalue weighted by molar-refractivity contribution is 0.296. The third-order valence-electron chi connectivity index (χ3n) is 2.87. The monoisotopic (exact) mass is 248 g/mol. The molecule has 18 heavy (non-hydrogen) atoms. The van der Waals surface area contributed by atoms with Crippen molar-refractivity contribution in [3.05, 3.63) is 47.5 Å². The molecule has 4 nitrogen and oxygen atoms in total. The van der Waals surface area contributed by atoms with Gasteiger partial charge in [0.2, 0.25) is 0 Å². The average molecular weight is 248 g/mol. The van der Waals surface area contributed by atoms with Crippen molar-refractivity contribution in [2.75, 3.05) is 0 Å². The number of hydrogen-bond acceptors (Lipinski definition) is 2. The van der Waals surface area contributed by atoms with Crippen LogP contribution in [0.2, 0.25) is 0 Å². The molecule has 0 aliphatic rings. The second kappa shape index (κ2) is 6.81. The molecule has 0 aliphatic carbocycles. The van der Waals surface area contributed by atoms with E-state index in [9.17, 15) is 0 Å². The van der Waals surface area contributed by atoms with E-state index in [0.29, 0.717) is 6.61 Å². The van der Waals surface area contributed by atoms with Crippen molar-refractivity contribution in [1.82, 2.24) is 9.97 Å². The van der Waals surface area contributed by atoms with E-state index in [1.165, 1.54) is 11.1 Å². The van der Waals surface area contributed by atoms with E-state index in [-0.39, 0.29) is 5.48 Å². The molecule has 4 heteroatoms. The van der Waals surface area contributed by atoms with Crippen LogP contribution in [-0.2, 0) is 19.4 Å². The van der Waals surface area contributed by atoms with Crippen molar-refractivity contribution in [1.29, 1.82) is 0 Å². The molecule has 98 valence electrons. The zero-order valence-corrected chi connectivity index (χ0v) is 10.9. The largest absolute Gasteiger partial charge is 0.487 e. The Labute approximate surface area is 107 Å². The van der Waals surface area contributed by atoms with Gasteiger partial charge in [0.1, 0.15) is 12.4 Å². The van der Waals surface area contributed by atoms with Gasteiger partial charge in [-0.25, -0.2) is 4.98 Å². The minimum Gasteiger partial charge on any atom is -0.487 e. The predicted octanol–water partition coefficient (Wildman–Crippen LogP) is 2.29. The number of H-pyrrole nitrogens is 1. The van der Waals surface area contributed by atoms with Gasteiger partial charge in [0.15, 0.2) is 0 Å². The van der Waals surface area contributed by atoms with Gasteiger partial charge in [-0.2, -0.15) is 0 Å². The van der Waals surface area contributed by atoms with Crippen LogP contribution < -0.4 is 4.74 Å². The summed E-state index contributed by atoms with van der Waals surface area (Å²) in [5.74, 6) is 1.03. The van der Waals surface area contributed by atoms with Crippen LogP contribution in [0.1, 0.15) is 30.7 Å². The highest BCUT2D eigenvalue weighted by atomic mass is 16.5. The Morgan fingerprint density at radius 3 is 2.33 bits per heavy atom. The van der Waals surface area contributed by atoms with Crippen LogP contribution in [0.3, 0.4) is 0 Å². The number of nitrogens with zero attached hydrogens (tertiary/aromatic N) is 1. The first-order valence-electron chi connectivity index (χ1n) is 6.06. The second-order valence-electron chi connectivity index (χ2n) is 3.98. The quantitative estimate of drug-likeness (QED) is 0.882. The van der Waals surface area contributed by atoms with Crippen molar-refractivity contribution in [3.63, 3.8) is 0 Å². The third-order valence-corrected chi connectivity index (χ3v) is 2.87. The van der Waals surface area contributed by atoms with E-state index >= 15 is 0 Å². The molecule has 2 rings (SSSR count). The summed E-state index contributed by atoms with van der Waals surface area (Å²) in [6, 6.07) is 6.35. The number of hydrogen-bond donors (Lipinski definition) is 1. The van der Waals surface area contributed by atoms with Crippen LogP contribution in [0.5, 0.6) is 5.75 Å². The summed E-state index contributed by atoms with van der Waals surface area (Å²) in [6.07, 6.45) is 5.45. The number of nitrogens with one attached hydrogen (secondary N) is 1. The summed E-state index contributed by atoms with van der Waals surface area (Å²) in [7, 11) is 0. The first-order valence-corrected chi connectivity index (χ1v) is 6.06. The fraction of sp³-hybridized carbons (Fsp3) is 0.357. The molecule has 0 radical (unpaired) electrons. The minimum absolute atomic E-state index is 0. The summed E-state index contributed by atoms with van der Waals surface area (Å²) in [5, 5.41) is 0. The van der Waals surface area contributed by atoms with Crippen LogP contribution in [0.25, 0.3) is 0 Å². The molecule has 2 aromatic rings. The fourth-order valence-electron chi connectivity index (χ4n) is 1.89. The van der Waals surface area contributed by atoms with E-state index in [1.807, 2.05) is 0 Å². The highest BCUT2D eigenvalue weighted by Crippen LogP contribution is 2.25. The first-order chi connectivity index (χ1) is 8.35. The van der Waals surface area contributed by atoms with E-state index < -0.39 is 0 Å². The van der Waals surface area contributed by atoms with Crippen LogP contribution in [-0.4, -0.2) is 15.4 Å². The maximum atomic E-state index is 5.92. The number of imidazole rings is 1. The van der Waals surface area contributed by atoms with Gasteiger partial charge >= 0.3 is 0 Å². The lowest BCUT2D eigenvalue weighted by Crippen LogP contribution is -2.01. The van der Waals surface area contributed by atoms with Crippen LogP contribution in [0.15, 0.2) is 30.7 Å². The summed E-state index contributed by atoms with van der Waals surface area (Å²) >= 11 is 0. The van der Waals surface area contributed by atoms with Gasteiger partial charge in [-0.05, 0) is 24.0 Å². The molecule has 0 saturated carbocycles. The second-order valence-corrected chi connectivity index (χ2v) is 3.98. The number of benzene rings is 1. The smallest absolute Gasteiger partial charge is 0.130 e. The Kier molecular flexibility index (Phi) is 5.39. The van der Waals surface area contributed by atoms with E-state index in [1.54, 1.807) is 12.5 Å². The molecule has 0 bridgehead atoms. The van der Waals surface area contributed by atoms with Crippen molar-refractivity contribution in [3.8, 4) is 5.75 Å². The number of para-hydroxylation sites is 1. The zero-order chi connectivity index (χ0) is 12.1. The molecule has 0 saturated heterocycles. The van der Waals surface area contributed by atoms with Gasteiger partial charge in [0.25, 0.3) is 0 Å². The Hall–Kier alpha value is -1.81. The summed E-state index contributed by atoms with van der Waals surface area (Å²) in [4.78, 5) is 7.03. The maximum absolute atomic E-state index is 5.92. The van der Waals surface area contributed by atoms with Crippen molar-refractivity contribution in [2.24, 2.45) is 0 Å². The molecule has 3 N–H and O–H groups in total. The topological polar surface area (TPSA) is 69.4 Å². The molecule has 1 heterocycles. The molecule has 0 spiro atoms. The molecule has 0 fully saturated rings. The lowest BCUT2D eigenvalue weighted by Gasteiger charge is -2.13. The molecule has 0 unspecified atom stereocenters. The van der Waals surface area contributed by atoms with Crippen LogP contribution >= 0.6 is 0 Å². The normalized spacial score (nSPS) is 9.89. The number of aryl methyl sites for hydroxylation is 2. The molecule has 0 atom stereocenters. The minimum atomic E-state index is 0. The summed E-state index contributed by atoms with van der Waals surface area (Å²) < 4.78 is 5.92. The lowest BCUT2D eigenvalue weighted by atomic mass is 10.1. The average Bonchev–Trinajstić information content (AvgIpc) is 2.88. The highest BCUT2D eigenvalue weighted by Gasteiger charge is 2.07. The van der Waals surface area contributed by atoms with E-state index in [2.05, 4.69) is 42.0 Å². The maximum Gasteiger partial charge on any atom is 0.130 e. The third kappa shape index (κ3) is 3.11. The van der Waals surface area contributed by atoms with Gasteiger partial charge < -0.3 is 15.2 Å². The standard InChI is InChI=1S/C14H18N2O.H2O/c1-3-11-6-5-7-12(4-2)14(11)17-9-13-8-15-10-16-13;/h5-8,10H,3-4,9H2,1-2H3,(H,15,16);1H2.